The summed E-state index contributed by atoms with van der Waals surface area (Å²) >= 11 is 0. The van der Waals surface area contributed by atoms with Crippen LogP contribution >= 0.6 is 0 Å². The predicted molar refractivity (Wildman–Crippen MR) is 66.3 cm³/mol. The van der Waals surface area contributed by atoms with E-state index in [1.165, 1.54) is 0 Å². The second-order valence-corrected chi connectivity index (χ2v) is 3.35. The van der Waals surface area contributed by atoms with Crippen LogP contribution in [0, 0.1) is 0 Å². The first-order valence-electron chi connectivity index (χ1n) is 5.83. The minimum atomic E-state index is -2.92. The molecule has 0 bridgehead atoms. The average molecular weight is 404 g/mol. The molecule has 0 atom stereocenters. The molecule has 0 heterocycles. The summed E-state index contributed by atoms with van der Waals surface area (Å²) in [5.74, 6) is 0. The summed E-state index contributed by atoms with van der Waals surface area (Å²) in [7, 11) is -2.92. The first-order chi connectivity index (χ1) is 10.2. The molecule has 0 saturated heterocycles. The molecule has 0 radical (unpaired) electrons. The van der Waals surface area contributed by atoms with Gasteiger partial charge < -0.3 is 61.0 Å². The molecule has 0 amide bonds. The molecule has 0 aromatic carbocycles. The van der Waals surface area contributed by atoms with Crippen molar-refractivity contribution < 1.29 is 150 Å². The van der Waals surface area contributed by atoms with Crippen molar-refractivity contribution in [2.75, 3.05) is 39.6 Å². The van der Waals surface area contributed by atoms with Crippen molar-refractivity contribution in [2.45, 2.75) is 18.3 Å². The largest absolute Gasteiger partial charge is 1.00 e. The molecule has 0 aliphatic carbocycles. The van der Waals surface area contributed by atoms with E-state index in [0.29, 0.717) is 0 Å². The van der Waals surface area contributed by atoms with Crippen LogP contribution in [0.25, 0.3) is 0 Å². The van der Waals surface area contributed by atoms with Gasteiger partial charge in [0.2, 0.25) is 0 Å². The van der Waals surface area contributed by atoms with Gasteiger partial charge in [0.1, 0.15) is 18.3 Å². The molecular weight excluding hydrogens is 380 g/mol. The topological polar surface area (TPSA) is 251 Å². The van der Waals surface area contributed by atoms with Crippen molar-refractivity contribution in [2.24, 2.45) is 0 Å². The fraction of sp³-hybridized carbons (Fsp3) is 1.00. The predicted octanol–water partition coefficient (Wildman–Crippen LogP) is -17.9. The van der Waals surface area contributed by atoms with Crippen LogP contribution in [0.5, 0.6) is 0 Å². The molecule has 9 N–H and O–H groups in total. The zero-order valence-corrected chi connectivity index (χ0v) is 20.8. The van der Waals surface area contributed by atoms with Gasteiger partial charge in [0.15, 0.2) is 0 Å². The van der Waals surface area contributed by atoms with Crippen LogP contribution in [-0.2, 0) is 0 Å². The molecule has 0 unspecified atom stereocenters. The molecule has 12 nitrogen and oxygen atoms in total. The van der Waals surface area contributed by atoms with Crippen LogP contribution in [0.2, 0.25) is 0 Å². The number of aliphatic hydroxyl groups is 9. The maximum Gasteiger partial charge on any atom is 1.00 e. The quantitative estimate of drug-likeness (QED) is 0.187. The Morgan fingerprint density at radius 3 is 0.560 bits per heavy atom. The number of aliphatic hydroxyl groups excluding tert-OH is 9. The first-order valence-corrected chi connectivity index (χ1v) is 5.83. The van der Waals surface area contributed by atoms with E-state index >= 15 is 0 Å². The molecule has 0 spiro atoms. The van der Waals surface area contributed by atoms with E-state index in [2.05, 4.69) is 0 Å². The molecule has 0 aromatic heterocycles. The van der Waals surface area contributed by atoms with Crippen LogP contribution in [0.1, 0.15) is 0 Å². The van der Waals surface area contributed by atoms with Crippen molar-refractivity contribution in [3.05, 3.63) is 0 Å². The van der Waals surface area contributed by atoms with E-state index in [-0.39, 0.29) is 128 Å². The third-order valence-electron chi connectivity index (χ3n) is 1.26. The number of hydrogen-bond donors (Lipinski definition) is 9. The van der Waals surface area contributed by atoms with E-state index in [1.807, 2.05) is 0 Å². The zero-order chi connectivity index (χ0) is 18.6. The third kappa shape index (κ3) is 75.5. The van der Waals surface area contributed by atoms with Gasteiger partial charge in [-0.1, -0.05) is 0 Å². The van der Waals surface area contributed by atoms with Crippen molar-refractivity contribution >= 4 is 7.32 Å². The molecule has 138 valence electrons. The van der Waals surface area contributed by atoms with E-state index in [0.717, 1.165) is 0 Å². The standard InChI is InChI=1S/3C3H8O3.BO3.3Na/c3*4-1-3(6)2-5;2-1(3)4;;;/h3*3-6H,1-2H2;;;;/q;;;-3;3*+1. The summed E-state index contributed by atoms with van der Waals surface area (Å²) in [6.07, 6.45) is -2.86. The van der Waals surface area contributed by atoms with E-state index in [1.54, 1.807) is 0 Å². The normalized spacial score (nSPS) is 8.28. The maximum absolute atomic E-state index is 8.42. The molecule has 0 aromatic rings. The Labute approximate surface area is 212 Å². The van der Waals surface area contributed by atoms with Crippen molar-refractivity contribution in [1.82, 2.24) is 0 Å². The Morgan fingerprint density at radius 2 is 0.560 bits per heavy atom. The van der Waals surface area contributed by atoms with Gasteiger partial charge in [0.05, 0.1) is 39.6 Å². The Hall–Kier alpha value is 2.58. The monoisotopic (exact) mass is 404 g/mol. The van der Waals surface area contributed by atoms with Crippen molar-refractivity contribution in [3.8, 4) is 0 Å². The van der Waals surface area contributed by atoms with Crippen LogP contribution in [-0.4, -0.2) is 111 Å². The molecule has 0 saturated carbocycles. The van der Waals surface area contributed by atoms with Gasteiger partial charge in [-0.3, -0.25) is 7.32 Å². The summed E-state index contributed by atoms with van der Waals surface area (Å²) in [5.41, 5.74) is 0. The third-order valence-corrected chi connectivity index (χ3v) is 1.26. The minimum absolute atomic E-state index is 0. The zero-order valence-electron chi connectivity index (χ0n) is 14.8. The summed E-state index contributed by atoms with van der Waals surface area (Å²) < 4.78 is 0. The van der Waals surface area contributed by atoms with Crippen LogP contribution in [0.4, 0.5) is 0 Å². The van der Waals surface area contributed by atoms with Gasteiger partial charge >= 0.3 is 88.7 Å². The van der Waals surface area contributed by atoms with Crippen LogP contribution in [0.3, 0.4) is 0 Å². The van der Waals surface area contributed by atoms with Gasteiger partial charge in [-0.2, -0.15) is 0 Å². The molecule has 0 fully saturated rings. The minimum Gasteiger partial charge on any atom is -0.907 e. The van der Waals surface area contributed by atoms with Crippen LogP contribution in [0.15, 0.2) is 0 Å². The fourth-order valence-electron chi connectivity index (χ4n) is 0.173. The van der Waals surface area contributed by atoms with Gasteiger partial charge in [0.25, 0.3) is 0 Å². The van der Waals surface area contributed by atoms with E-state index in [9.17, 15) is 0 Å². The Bertz CT molecular complexity index is 149. The molecule has 0 aliphatic heterocycles. The fourth-order valence-corrected chi connectivity index (χ4v) is 0.173. The SMILES string of the molecule is OCC(O)CO.OCC(O)CO.OCC(O)CO.[Na+].[Na+].[Na+].[O-]B([O-])[O-]. The summed E-state index contributed by atoms with van der Waals surface area (Å²) in [5, 5.41) is 97.3. The molecule has 16 heteroatoms. The van der Waals surface area contributed by atoms with Crippen LogP contribution < -0.4 is 104 Å². The summed E-state index contributed by atoms with van der Waals surface area (Å²) in [6.45, 7) is -2.19. The number of hydrogen-bond acceptors (Lipinski definition) is 12. The van der Waals surface area contributed by atoms with Gasteiger partial charge in [-0.05, 0) is 0 Å². The van der Waals surface area contributed by atoms with E-state index < -0.39 is 25.6 Å². The first kappa shape index (κ1) is 46.0. The van der Waals surface area contributed by atoms with E-state index in [4.69, 9.17) is 61.0 Å². The molecule has 0 aliphatic rings. The molecular formula is C9H24BNa3O12. The Balaban J connectivity index is -0.0000000336. The molecule has 0 rings (SSSR count). The van der Waals surface area contributed by atoms with Crippen molar-refractivity contribution in [1.29, 1.82) is 0 Å². The number of rotatable bonds is 6. The molecule has 25 heavy (non-hydrogen) atoms. The summed E-state index contributed by atoms with van der Waals surface area (Å²) in [6, 6.07) is 0. The Morgan fingerprint density at radius 1 is 0.480 bits per heavy atom. The van der Waals surface area contributed by atoms with Gasteiger partial charge in [-0.25, -0.2) is 0 Å². The Kier molecular flexibility index (Phi) is 75.6. The maximum atomic E-state index is 8.42. The van der Waals surface area contributed by atoms with Crippen molar-refractivity contribution in [3.63, 3.8) is 0 Å². The van der Waals surface area contributed by atoms with Gasteiger partial charge in [-0.15, -0.1) is 0 Å². The smallest absolute Gasteiger partial charge is 0.907 e. The second kappa shape index (κ2) is 41.1. The summed E-state index contributed by atoms with van der Waals surface area (Å²) in [4.78, 5) is 0. The second-order valence-electron chi connectivity index (χ2n) is 3.35. The average Bonchev–Trinajstić information content (AvgIpc) is 2.52. The van der Waals surface area contributed by atoms with Gasteiger partial charge in [0, 0.05) is 0 Å².